The van der Waals surface area contributed by atoms with E-state index in [1.807, 2.05) is 48.5 Å². The Labute approximate surface area is 112 Å². The molecular formula is C13H8BrClN2. The molecule has 2 heterocycles. The predicted octanol–water partition coefficient (Wildman–Crippen LogP) is 4.42. The fraction of sp³-hybridized carbons (Fsp3) is 0. The first kappa shape index (κ1) is 10.8. The van der Waals surface area contributed by atoms with Crippen molar-refractivity contribution in [2.24, 2.45) is 0 Å². The van der Waals surface area contributed by atoms with E-state index in [2.05, 4.69) is 21.0 Å². The molecule has 0 atom stereocenters. The van der Waals surface area contributed by atoms with E-state index < -0.39 is 0 Å². The Hall–Kier alpha value is -1.32. The normalized spacial score (nSPS) is 10.9. The van der Waals surface area contributed by atoms with Gasteiger partial charge in [-0.15, -0.1) is 0 Å². The minimum absolute atomic E-state index is 0.612. The van der Waals surface area contributed by atoms with Crippen LogP contribution in [0.2, 0.25) is 5.15 Å². The van der Waals surface area contributed by atoms with Gasteiger partial charge in [0.1, 0.15) is 5.15 Å². The zero-order chi connectivity index (χ0) is 11.8. The Morgan fingerprint density at radius 3 is 2.65 bits per heavy atom. The van der Waals surface area contributed by atoms with Gasteiger partial charge in [0, 0.05) is 10.0 Å². The number of rotatable bonds is 1. The maximum absolute atomic E-state index is 6.09. The number of pyridine rings is 1. The average Bonchev–Trinajstić information content (AvgIpc) is 2.75. The zero-order valence-corrected chi connectivity index (χ0v) is 11.1. The highest BCUT2D eigenvalue weighted by atomic mass is 79.9. The summed E-state index contributed by atoms with van der Waals surface area (Å²) in [5, 5.41) is 5.11. The van der Waals surface area contributed by atoms with E-state index in [1.165, 1.54) is 0 Å². The van der Waals surface area contributed by atoms with Gasteiger partial charge in [-0.2, -0.15) is 5.10 Å². The molecule has 84 valence electrons. The van der Waals surface area contributed by atoms with E-state index in [0.29, 0.717) is 5.15 Å². The molecule has 0 saturated heterocycles. The van der Waals surface area contributed by atoms with Crippen LogP contribution in [0, 0.1) is 0 Å². The molecule has 0 aliphatic rings. The topological polar surface area (TPSA) is 17.3 Å². The molecule has 0 aliphatic carbocycles. The van der Waals surface area contributed by atoms with Crippen LogP contribution in [0.15, 0.2) is 53.0 Å². The third-order valence-corrected chi connectivity index (χ3v) is 3.57. The SMILES string of the molecule is Clc1cccc2cc(-c3ccccc3Br)nn12. The van der Waals surface area contributed by atoms with Crippen molar-refractivity contribution in [1.82, 2.24) is 9.61 Å². The minimum atomic E-state index is 0.612. The van der Waals surface area contributed by atoms with Gasteiger partial charge in [0.2, 0.25) is 0 Å². The van der Waals surface area contributed by atoms with Gasteiger partial charge in [-0.25, -0.2) is 4.52 Å². The van der Waals surface area contributed by atoms with E-state index in [-0.39, 0.29) is 0 Å². The molecule has 2 aromatic heterocycles. The summed E-state index contributed by atoms with van der Waals surface area (Å²) < 4.78 is 2.76. The van der Waals surface area contributed by atoms with Crippen molar-refractivity contribution < 1.29 is 0 Å². The maximum Gasteiger partial charge on any atom is 0.131 e. The van der Waals surface area contributed by atoms with Crippen LogP contribution >= 0.6 is 27.5 Å². The van der Waals surface area contributed by atoms with Gasteiger partial charge in [0.05, 0.1) is 11.2 Å². The maximum atomic E-state index is 6.09. The molecule has 3 rings (SSSR count). The lowest BCUT2D eigenvalue weighted by atomic mass is 10.1. The second-order valence-electron chi connectivity index (χ2n) is 3.69. The van der Waals surface area contributed by atoms with Crippen molar-refractivity contribution in [3.8, 4) is 11.3 Å². The first-order valence-corrected chi connectivity index (χ1v) is 6.32. The predicted molar refractivity (Wildman–Crippen MR) is 73.3 cm³/mol. The second kappa shape index (κ2) is 4.17. The molecule has 3 aromatic rings. The number of benzene rings is 1. The van der Waals surface area contributed by atoms with Gasteiger partial charge in [-0.1, -0.05) is 51.8 Å². The van der Waals surface area contributed by atoms with Crippen molar-refractivity contribution in [1.29, 1.82) is 0 Å². The fourth-order valence-electron chi connectivity index (χ4n) is 1.78. The van der Waals surface area contributed by atoms with Crippen molar-refractivity contribution >= 4 is 33.0 Å². The monoisotopic (exact) mass is 306 g/mol. The van der Waals surface area contributed by atoms with Crippen molar-refractivity contribution in [2.45, 2.75) is 0 Å². The minimum Gasteiger partial charge on any atom is -0.222 e. The molecule has 17 heavy (non-hydrogen) atoms. The molecule has 1 aromatic carbocycles. The molecule has 0 spiro atoms. The standard InChI is InChI=1S/C13H8BrClN2/c14-11-6-2-1-5-10(11)12-8-9-4-3-7-13(15)17(9)16-12/h1-8H. The summed E-state index contributed by atoms with van der Waals surface area (Å²) in [6, 6.07) is 15.8. The van der Waals surface area contributed by atoms with Gasteiger partial charge in [0.25, 0.3) is 0 Å². The zero-order valence-electron chi connectivity index (χ0n) is 8.77. The van der Waals surface area contributed by atoms with Crippen molar-refractivity contribution in [3.63, 3.8) is 0 Å². The van der Waals surface area contributed by atoms with Crippen LogP contribution in [-0.2, 0) is 0 Å². The summed E-state index contributed by atoms with van der Waals surface area (Å²) in [4.78, 5) is 0. The quantitative estimate of drug-likeness (QED) is 0.608. The number of halogens is 2. The Kier molecular flexibility index (Phi) is 2.65. The molecule has 0 unspecified atom stereocenters. The van der Waals surface area contributed by atoms with Crippen molar-refractivity contribution in [2.75, 3.05) is 0 Å². The second-order valence-corrected chi connectivity index (χ2v) is 4.94. The van der Waals surface area contributed by atoms with Gasteiger partial charge in [-0.05, 0) is 24.3 Å². The van der Waals surface area contributed by atoms with E-state index in [9.17, 15) is 0 Å². The Balaban J connectivity index is 2.26. The molecule has 0 amide bonds. The van der Waals surface area contributed by atoms with Gasteiger partial charge >= 0.3 is 0 Å². The third kappa shape index (κ3) is 1.85. The van der Waals surface area contributed by atoms with Crippen LogP contribution in [0.25, 0.3) is 16.8 Å². The summed E-state index contributed by atoms with van der Waals surface area (Å²) in [6.07, 6.45) is 0. The smallest absolute Gasteiger partial charge is 0.131 e. The van der Waals surface area contributed by atoms with Gasteiger partial charge in [0.15, 0.2) is 0 Å². The largest absolute Gasteiger partial charge is 0.222 e. The van der Waals surface area contributed by atoms with Gasteiger partial charge in [-0.3, -0.25) is 0 Å². The summed E-state index contributed by atoms with van der Waals surface area (Å²) in [6.45, 7) is 0. The molecule has 4 heteroatoms. The highest BCUT2D eigenvalue weighted by Gasteiger charge is 2.08. The molecule has 0 radical (unpaired) electrons. The highest BCUT2D eigenvalue weighted by molar-refractivity contribution is 9.10. The molecule has 0 aliphatic heterocycles. The molecule has 0 N–H and O–H groups in total. The lowest BCUT2D eigenvalue weighted by Crippen LogP contribution is -1.88. The third-order valence-electron chi connectivity index (χ3n) is 2.59. The molecule has 0 saturated carbocycles. The van der Waals surface area contributed by atoms with Crippen LogP contribution in [0.4, 0.5) is 0 Å². The van der Waals surface area contributed by atoms with E-state index in [1.54, 1.807) is 4.52 Å². The summed E-state index contributed by atoms with van der Waals surface area (Å²) >= 11 is 9.61. The highest BCUT2D eigenvalue weighted by Crippen LogP contribution is 2.28. The van der Waals surface area contributed by atoms with Crippen LogP contribution in [0.5, 0.6) is 0 Å². The van der Waals surface area contributed by atoms with Crippen LogP contribution in [0.3, 0.4) is 0 Å². The summed E-state index contributed by atoms with van der Waals surface area (Å²) in [5.41, 5.74) is 2.96. The average molecular weight is 308 g/mol. The number of hydrogen-bond acceptors (Lipinski definition) is 1. The number of hydrogen-bond donors (Lipinski definition) is 0. The summed E-state index contributed by atoms with van der Waals surface area (Å²) in [7, 11) is 0. The summed E-state index contributed by atoms with van der Waals surface area (Å²) in [5.74, 6) is 0. The first-order valence-electron chi connectivity index (χ1n) is 5.15. The lowest BCUT2D eigenvalue weighted by molar-refractivity contribution is 0.966. The molecule has 0 bridgehead atoms. The van der Waals surface area contributed by atoms with Crippen molar-refractivity contribution in [3.05, 3.63) is 58.2 Å². The Morgan fingerprint density at radius 2 is 1.88 bits per heavy atom. The van der Waals surface area contributed by atoms with Gasteiger partial charge < -0.3 is 0 Å². The number of nitrogens with zero attached hydrogens (tertiary/aromatic N) is 2. The number of fused-ring (bicyclic) bond motifs is 1. The number of aromatic nitrogens is 2. The molecule has 2 nitrogen and oxygen atoms in total. The lowest BCUT2D eigenvalue weighted by Gasteiger charge is -1.98. The van der Waals surface area contributed by atoms with Crippen LogP contribution < -0.4 is 0 Å². The Bertz CT molecular complexity index is 691. The van der Waals surface area contributed by atoms with Crippen LogP contribution in [0.1, 0.15) is 0 Å². The van der Waals surface area contributed by atoms with E-state index >= 15 is 0 Å². The Morgan fingerprint density at radius 1 is 1.06 bits per heavy atom. The molecular weight excluding hydrogens is 300 g/mol. The first-order chi connectivity index (χ1) is 8.25. The van der Waals surface area contributed by atoms with E-state index in [4.69, 9.17) is 11.6 Å². The van der Waals surface area contributed by atoms with Crippen LogP contribution in [-0.4, -0.2) is 9.61 Å². The fourth-order valence-corrected chi connectivity index (χ4v) is 2.48. The molecule has 0 fully saturated rings. The van der Waals surface area contributed by atoms with E-state index in [0.717, 1.165) is 21.2 Å².